The van der Waals surface area contributed by atoms with E-state index in [1.165, 1.54) is 43.5 Å². The lowest BCUT2D eigenvalue weighted by Crippen LogP contribution is -2.51. The fourth-order valence-electron chi connectivity index (χ4n) is 4.84. The molecule has 166 valence electrons. The third-order valence-corrected chi connectivity index (χ3v) is 6.37. The molecule has 2 aliphatic rings. The number of amides is 2. The zero-order valence-electron chi connectivity index (χ0n) is 19.1. The summed E-state index contributed by atoms with van der Waals surface area (Å²) in [7, 11) is 0. The summed E-state index contributed by atoms with van der Waals surface area (Å²) in [5.41, 5.74) is 3.71. The van der Waals surface area contributed by atoms with Gasteiger partial charge in [-0.1, -0.05) is 19.3 Å². The molecule has 0 spiro atoms. The van der Waals surface area contributed by atoms with Crippen molar-refractivity contribution >= 4 is 17.9 Å². The van der Waals surface area contributed by atoms with Gasteiger partial charge in [-0.2, -0.15) is 0 Å². The van der Waals surface area contributed by atoms with Gasteiger partial charge in [-0.3, -0.25) is 14.5 Å². The van der Waals surface area contributed by atoms with Crippen molar-refractivity contribution in [3.63, 3.8) is 0 Å². The van der Waals surface area contributed by atoms with E-state index in [9.17, 15) is 9.59 Å². The van der Waals surface area contributed by atoms with Crippen LogP contribution in [0.15, 0.2) is 12.1 Å². The molecule has 6 nitrogen and oxygen atoms in total. The Balaban J connectivity index is 1.53. The predicted octanol–water partition coefficient (Wildman–Crippen LogP) is 3.29. The van der Waals surface area contributed by atoms with Gasteiger partial charge in [-0.25, -0.2) is 0 Å². The van der Waals surface area contributed by atoms with Gasteiger partial charge < -0.3 is 14.8 Å². The van der Waals surface area contributed by atoms with Gasteiger partial charge in [0.25, 0.3) is 0 Å². The Bertz CT molecular complexity index is 766. The fraction of sp³-hybridized carbons (Fsp3) is 0.667. The van der Waals surface area contributed by atoms with Gasteiger partial charge in [0.1, 0.15) is 0 Å². The van der Waals surface area contributed by atoms with Crippen LogP contribution in [0.2, 0.25) is 0 Å². The van der Waals surface area contributed by atoms with E-state index >= 15 is 0 Å². The van der Waals surface area contributed by atoms with Crippen molar-refractivity contribution in [3.8, 4) is 0 Å². The minimum Gasteiger partial charge on any atom is -0.353 e. The Kier molecular flexibility index (Phi) is 7.75. The van der Waals surface area contributed by atoms with Crippen molar-refractivity contribution in [1.29, 1.82) is 0 Å². The molecule has 2 heterocycles. The van der Waals surface area contributed by atoms with E-state index in [1.807, 2.05) is 24.8 Å². The highest BCUT2D eigenvalue weighted by atomic mass is 16.2. The van der Waals surface area contributed by atoms with Crippen molar-refractivity contribution in [3.05, 3.63) is 29.1 Å². The van der Waals surface area contributed by atoms with Gasteiger partial charge in [-0.05, 0) is 58.2 Å². The number of nitrogens with one attached hydrogen (secondary N) is 1. The van der Waals surface area contributed by atoms with Crippen LogP contribution in [0.25, 0.3) is 6.08 Å². The number of piperazine rings is 1. The molecule has 30 heavy (non-hydrogen) atoms. The second kappa shape index (κ2) is 10.3. The van der Waals surface area contributed by atoms with Crippen LogP contribution in [0, 0.1) is 13.8 Å². The standard InChI is InChI=1S/C24H38N4O2/c1-18(2)25-23(29)17-26-12-14-27(15-13-26)24(30)11-10-21-16-19(3)28(20(21)4)22-8-6-5-7-9-22/h10-11,16,18,22H,5-9,12-15,17H2,1-4H3,(H,25,29)/b11-10+. The molecule has 0 bridgehead atoms. The van der Waals surface area contributed by atoms with Gasteiger partial charge in [0, 0.05) is 55.7 Å². The molecule has 0 aromatic carbocycles. The summed E-state index contributed by atoms with van der Waals surface area (Å²) >= 11 is 0. The summed E-state index contributed by atoms with van der Waals surface area (Å²) in [5, 5.41) is 2.92. The molecule has 0 atom stereocenters. The van der Waals surface area contributed by atoms with Crippen molar-refractivity contribution < 1.29 is 9.59 Å². The lowest BCUT2D eigenvalue weighted by molar-refractivity contribution is -0.128. The van der Waals surface area contributed by atoms with Crippen LogP contribution in [0.5, 0.6) is 0 Å². The molecule has 1 N–H and O–H groups in total. The Hall–Kier alpha value is -2.08. The highest BCUT2D eigenvalue weighted by molar-refractivity contribution is 5.92. The van der Waals surface area contributed by atoms with Crippen LogP contribution in [-0.2, 0) is 9.59 Å². The van der Waals surface area contributed by atoms with E-state index in [0.717, 1.165) is 18.7 Å². The molecule has 1 aliphatic heterocycles. The molecule has 1 aromatic heterocycles. The normalized spacial score (nSPS) is 19.0. The number of hydrogen-bond donors (Lipinski definition) is 1. The molecule has 2 fully saturated rings. The number of carbonyl (C=O) groups excluding carboxylic acids is 2. The van der Waals surface area contributed by atoms with E-state index in [1.54, 1.807) is 6.08 Å². The lowest BCUT2D eigenvalue weighted by Gasteiger charge is -2.33. The van der Waals surface area contributed by atoms with Crippen molar-refractivity contribution in [2.24, 2.45) is 0 Å². The maximum atomic E-state index is 12.7. The number of aryl methyl sites for hydroxylation is 1. The Morgan fingerprint density at radius 3 is 2.40 bits per heavy atom. The summed E-state index contributed by atoms with van der Waals surface area (Å²) in [4.78, 5) is 28.6. The highest BCUT2D eigenvalue weighted by Gasteiger charge is 2.22. The zero-order chi connectivity index (χ0) is 21.7. The third kappa shape index (κ3) is 5.75. The largest absolute Gasteiger partial charge is 0.353 e. The van der Waals surface area contributed by atoms with Crippen LogP contribution in [-0.4, -0.2) is 64.9 Å². The maximum absolute atomic E-state index is 12.7. The van der Waals surface area contributed by atoms with E-state index < -0.39 is 0 Å². The van der Waals surface area contributed by atoms with E-state index in [-0.39, 0.29) is 17.9 Å². The second-order valence-electron chi connectivity index (χ2n) is 9.15. The first-order valence-corrected chi connectivity index (χ1v) is 11.5. The molecule has 2 amide bonds. The molecule has 1 aliphatic carbocycles. The van der Waals surface area contributed by atoms with Crippen LogP contribution >= 0.6 is 0 Å². The smallest absolute Gasteiger partial charge is 0.246 e. The summed E-state index contributed by atoms with van der Waals surface area (Å²) in [5.74, 6) is 0.113. The molecule has 1 saturated carbocycles. The molecule has 6 heteroatoms. The monoisotopic (exact) mass is 414 g/mol. The Morgan fingerprint density at radius 1 is 1.10 bits per heavy atom. The predicted molar refractivity (Wildman–Crippen MR) is 121 cm³/mol. The van der Waals surface area contributed by atoms with Crippen LogP contribution in [0.1, 0.15) is 68.9 Å². The number of nitrogens with zero attached hydrogens (tertiary/aromatic N) is 3. The van der Waals surface area contributed by atoms with Crippen LogP contribution in [0.4, 0.5) is 0 Å². The maximum Gasteiger partial charge on any atom is 0.246 e. The average molecular weight is 415 g/mol. The van der Waals surface area contributed by atoms with Gasteiger partial charge >= 0.3 is 0 Å². The lowest BCUT2D eigenvalue weighted by atomic mass is 9.95. The summed E-state index contributed by atoms with van der Waals surface area (Å²) in [6, 6.07) is 2.97. The minimum absolute atomic E-state index is 0.0537. The van der Waals surface area contributed by atoms with Crippen molar-refractivity contribution in [2.45, 2.75) is 71.9 Å². The summed E-state index contributed by atoms with van der Waals surface area (Å²) < 4.78 is 2.48. The molecule has 3 rings (SSSR count). The Morgan fingerprint density at radius 2 is 1.77 bits per heavy atom. The van der Waals surface area contributed by atoms with Gasteiger partial charge in [0.05, 0.1) is 6.54 Å². The fourth-order valence-corrected chi connectivity index (χ4v) is 4.84. The number of rotatable bonds is 6. The zero-order valence-corrected chi connectivity index (χ0v) is 19.1. The first kappa shape index (κ1) is 22.6. The van der Waals surface area contributed by atoms with E-state index in [0.29, 0.717) is 25.7 Å². The van der Waals surface area contributed by atoms with E-state index in [4.69, 9.17) is 0 Å². The van der Waals surface area contributed by atoms with E-state index in [2.05, 4.69) is 34.7 Å². The van der Waals surface area contributed by atoms with Crippen molar-refractivity contribution in [2.75, 3.05) is 32.7 Å². The number of carbonyl (C=O) groups is 2. The SMILES string of the molecule is Cc1cc(/C=C/C(=O)N2CCN(CC(=O)NC(C)C)CC2)c(C)n1C1CCCCC1. The number of aromatic nitrogens is 1. The Labute approximate surface area is 181 Å². The van der Waals surface area contributed by atoms with Crippen molar-refractivity contribution in [1.82, 2.24) is 19.7 Å². The highest BCUT2D eigenvalue weighted by Crippen LogP contribution is 2.32. The van der Waals surface area contributed by atoms with Gasteiger partial charge in [-0.15, -0.1) is 0 Å². The molecular formula is C24H38N4O2. The summed E-state index contributed by atoms with van der Waals surface area (Å²) in [6.07, 6.45) is 10.2. The summed E-state index contributed by atoms with van der Waals surface area (Å²) in [6.45, 7) is 11.5. The average Bonchev–Trinajstić information content (AvgIpc) is 3.00. The molecule has 0 radical (unpaired) electrons. The van der Waals surface area contributed by atoms with Gasteiger partial charge in [0.15, 0.2) is 0 Å². The first-order chi connectivity index (χ1) is 14.3. The molecule has 0 unspecified atom stereocenters. The number of hydrogen-bond acceptors (Lipinski definition) is 3. The quantitative estimate of drug-likeness (QED) is 0.727. The molecular weight excluding hydrogens is 376 g/mol. The molecule has 1 aromatic rings. The minimum atomic E-state index is 0.0537. The van der Waals surface area contributed by atoms with Crippen LogP contribution < -0.4 is 5.32 Å². The van der Waals surface area contributed by atoms with Crippen LogP contribution in [0.3, 0.4) is 0 Å². The van der Waals surface area contributed by atoms with Gasteiger partial charge in [0.2, 0.25) is 11.8 Å². The third-order valence-electron chi connectivity index (χ3n) is 6.37. The second-order valence-corrected chi connectivity index (χ2v) is 9.15. The topological polar surface area (TPSA) is 57.6 Å². The first-order valence-electron chi connectivity index (χ1n) is 11.5. The molecule has 1 saturated heterocycles.